The predicted molar refractivity (Wildman–Crippen MR) is 60.0 cm³/mol. The smallest absolute Gasteiger partial charge is 0.179 e. The van der Waals surface area contributed by atoms with Gasteiger partial charge in [-0.25, -0.2) is 5.84 Å². The molecule has 0 fully saturated rings. The summed E-state index contributed by atoms with van der Waals surface area (Å²) in [6.07, 6.45) is 0. The molecule has 1 rings (SSSR count). The molecular formula is C9H14BrN3O. The van der Waals surface area contributed by atoms with Crippen molar-refractivity contribution in [3.63, 3.8) is 0 Å². The molecule has 3 N–H and O–H groups in total. The minimum atomic E-state index is -0.193. The fourth-order valence-corrected chi connectivity index (χ4v) is 1.24. The third-order valence-electron chi connectivity index (χ3n) is 1.39. The van der Waals surface area contributed by atoms with Gasteiger partial charge in [0.2, 0.25) is 0 Å². The average molecular weight is 260 g/mol. The van der Waals surface area contributed by atoms with Crippen LogP contribution in [-0.2, 0) is 0 Å². The van der Waals surface area contributed by atoms with Crippen LogP contribution in [-0.4, -0.2) is 11.4 Å². The van der Waals surface area contributed by atoms with Crippen LogP contribution in [0.3, 0.4) is 0 Å². The molecule has 14 heavy (non-hydrogen) atoms. The molecule has 0 unspecified atom stereocenters. The van der Waals surface area contributed by atoms with Crippen molar-refractivity contribution in [3.8, 4) is 0 Å². The molecule has 0 saturated carbocycles. The first-order chi connectivity index (χ1) is 6.42. The number of hydrogen-bond acceptors (Lipinski definition) is 3. The van der Waals surface area contributed by atoms with Gasteiger partial charge in [0.15, 0.2) is 16.3 Å². The Balaban J connectivity index is 2.99. The van der Waals surface area contributed by atoms with Crippen LogP contribution >= 0.6 is 15.9 Å². The van der Waals surface area contributed by atoms with Crippen molar-refractivity contribution in [2.24, 2.45) is 10.8 Å². The third kappa shape index (κ3) is 3.16. The number of furan rings is 1. The number of amidine groups is 1. The van der Waals surface area contributed by atoms with Crippen LogP contribution in [0.25, 0.3) is 0 Å². The van der Waals surface area contributed by atoms with Crippen LogP contribution in [0.2, 0.25) is 0 Å². The van der Waals surface area contributed by atoms with Crippen molar-refractivity contribution >= 4 is 21.8 Å². The second-order valence-electron chi connectivity index (χ2n) is 3.88. The first-order valence-corrected chi connectivity index (χ1v) is 5.04. The lowest BCUT2D eigenvalue weighted by atomic mass is 10.1. The molecule has 0 aliphatic carbocycles. The van der Waals surface area contributed by atoms with E-state index in [1.54, 1.807) is 12.1 Å². The summed E-state index contributed by atoms with van der Waals surface area (Å²) in [7, 11) is 0. The zero-order valence-corrected chi connectivity index (χ0v) is 10.1. The Morgan fingerprint density at radius 3 is 2.50 bits per heavy atom. The summed E-state index contributed by atoms with van der Waals surface area (Å²) in [6, 6.07) is 3.60. The number of hydrogen-bond donors (Lipinski definition) is 2. The van der Waals surface area contributed by atoms with E-state index in [0.29, 0.717) is 16.3 Å². The van der Waals surface area contributed by atoms with Crippen LogP contribution in [0.4, 0.5) is 0 Å². The number of rotatable bonds is 1. The number of nitrogens with one attached hydrogen (secondary N) is 1. The van der Waals surface area contributed by atoms with Gasteiger partial charge in [0, 0.05) is 0 Å². The molecular weight excluding hydrogens is 246 g/mol. The second-order valence-corrected chi connectivity index (χ2v) is 4.66. The molecule has 0 atom stereocenters. The minimum Gasteiger partial charge on any atom is -0.446 e. The average Bonchev–Trinajstić information content (AvgIpc) is 2.46. The van der Waals surface area contributed by atoms with Crippen LogP contribution in [0.1, 0.15) is 26.5 Å². The van der Waals surface area contributed by atoms with Gasteiger partial charge < -0.3 is 9.84 Å². The fraction of sp³-hybridized carbons (Fsp3) is 0.444. The molecule has 0 aliphatic rings. The maximum absolute atomic E-state index is 5.37. The number of hydrazine groups is 1. The zero-order chi connectivity index (χ0) is 10.8. The lowest BCUT2D eigenvalue weighted by molar-refractivity contribution is 0.521. The van der Waals surface area contributed by atoms with E-state index in [1.807, 2.05) is 20.8 Å². The van der Waals surface area contributed by atoms with Gasteiger partial charge in [-0.15, -0.1) is 0 Å². The molecule has 0 saturated heterocycles. The molecule has 0 radical (unpaired) electrons. The molecule has 5 heteroatoms. The maximum atomic E-state index is 5.37. The van der Waals surface area contributed by atoms with E-state index in [1.165, 1.54) is 0 Å². The van der Waals surface area contributed by atoms with Gasteiger partial charge in [0.05, 0.1) is 5.54 Å². The zero-order valence-electron chi connectivity index (χ0n) is 8.47. The van der Waals surface area contributed by atoms with E-state index in [2.05, 4.69) is 26.3 Å². The lowest BCUT2D eigenvalue weighted by Gasteiger charge is -2.14. The van der Waals surface area contributed by atoms with Crippen LogP contribution in [0.5, 0.6) is 0 Å². The molecule has 78 valence electrons. The van der Waals surface area contributed by atoms with Gasteiger partial charge in [-0.2, -0.15) is 0 Å². The Morgan fingerprint density at radius 1 is 1.50 bits per heavy atom. The molecule has 0 spiro atoms. The van der Waals surface area contributed by atoms with E-state index >= 15 is 0 Å². The Labute approximate surface area is 91.7 Å². The molecule has 4 nitrogen and oxygen atoms in total. The van der Waals surface area contributed by atoms with Gasteiger partial charge in [-0.1, -0.05) is 0 Å². The number of halogens is 1. The van der Waals surface area contributed by atoms with Gasteiger partial charge in [-0.05, 0) is 48.8 Å². The number of aliphatic imine (C=N–C) groups is 1. The summed E-state index contributed by atoms with van der Waals surface area (Å²) in [6.45, 7) is 5.97. The lowest BCUT2D eigenvalue weighted by Crippen LogP contribution is -2.33. The summed E-state index contributed by atoms with van der Waals surface area (Å²) in [5, 5.41) is 0. The molecule has 1 aromatic heterocycles. The highest BCUT2D eigenvalue weighted by atomic mass is 79.9. The molecule has 0 amide bonds. The highest BCUT2D eigenvalue weighted by Gasteiger charge is 2.13. The number of nitrogens with zero attached hydrogens (tertiary/aromatic N) is 1. The van der Waals surface area contributed by atoms with E-state index < -0.39 is 0 Å². The van der Waals surface area contributed by atoms with Gasteiger partial charge >= 0.3 is 0 Å². The molecule has 0 aromatic carbocycles. The Hall–Kier alpha value is -0.810. The van der Waals surface area contributed by atoms with Crippen molar-refractivity contribution in [2.45, 2.75) is 26.3 Å². The van der Waals surface area contributed by atoms with Crippen molar-refractivity contribution in [1.82, 2.24) is 5.43 Å². The third-order valence-corrected chi connectivity index (χ3v) is 1.82. The quantitative estimate of drug-likeness (QED) is 0.351. The van der Waals surface area contributed by atoms with Crippen molar-refractivity contribution < 1.29 is 4.42 Å². The van der Waals surface area contributed by atoms with E-state index in [4.69, 9.17) is 10.3 Å². The SMILES string of the molecule is CC(C)(C)N=C(NN)c1ccc(Br)o1. The van der Waals surface area contributed by atoms with Crippen molar-refractivity contribution in [3.05, 3.63) is 22.6 Å². The van der Waals surface area contributed by atoms with Crippen molar-refractivity contribution in [1.29, 1.82) is 0 Å². The first-order valence-electron chi connectivity index (χ1n) is 4.24. The van der Waals surface area contributed by atoms with Crippen LogP contribution in [0, 0.1) is 0 Å². The Kier molecular flexibility index (Phi) is 3.34. The Bertz CT molecular complexity index is 338. The summed E-state index contributed by atoms with van der Waals surface area (Å²) in [5.74, 6) is 6.53. The standard InChI is InChI=1S/C9H14BrN3O/c1-9(2,3)12-8(13-11)6-4-5-7(10)14-6/h4-5H,11H2,1-3H3,(H,12,13). The predicted octanol–water partition coefficient (Wildman–Crippen LogP) is 2.05. The summed E-state index contributed by atoms with van der Waals surface area (Å²) in [5.41, 5.74) is 2.33. The maximum Gasteiger partial charge on any atom is 0.179 e. The van der Waals surface area contributed by atoms with Gasteiger partial charge in [0.25, 0.3) is 0 Å². The molecule has 0 aliphatic heterocycles. The topological polar surface area (TPSA) is 63.5 Å². The van der Waals surface area contributed by atoms with Crippen LogP contribution in [0.15, 0.2) is 26.2 Å². The highest BCUT2D eigenvalue weighted by Crippen LogP contribution is 2.16. The van der Waals surface area contributed by atoms with E-state index in [0.717, 1.165) is 0 Å². The monoisotopic (exact) mass is 259 g/mol. The van der Waals surface area contributed by atoms with Gasteiger partial charge in [0.1, 0.15) is 0 Å². The molecule has 1 aromatic rings. The van der Waals surface area contributed by atoms with E-state index in [-0.39, 0.29) is 5.54 Å². The molecule has 1 heterocycles. The summed E-state index contributed by atoms with van der Waals surface area (Å²) >= 11 is 3.22. The highest BCUT2D eigenvalue weighted by molar-refractivity contribution is 9.10. The normalized spacial score (nSPS) is 13.1. The largest absolute Gasteiger partial charge is 0.446 e. The summed E-state index contributed by atoms with van der Waals surface area (Å²) in [4.78, 5) is 4.38. The number of nitrogens with two attached hydrogens (primary N) is 1. The van der Waals surface area contributed by atoms with Gasteiger partial charge in [-0.3, -0.25) is 4.99 Å². The van der Waals surface area contributed by atoms with E-state index in [9.17, 15) is 0 Å². The molecule has 0 bridgehead atoms. The first kappa shape index (κ1) is 11.3. The minimum absolute atomic E-state index is 0.193. The van der Waals surface area contributed by atoms with Crippen LogP contribution < -0.4 is 11.3 Å². The second kappa shape index (κ2) is 4.14. The summed E-state index contributed by atoms with van der Waals surface area (Å²) < 4.78 is 5.98. The Morgan fingerprint density at radius 2 is 2.14 bits per heavy atom. The fourth-order valence-electron chi connectivity index (χ4n) is 0.935. The van der Waals surface area contributed by atoms with Crippen molar-refractivity contribution in [2.75, 3.05) is 0 Å².